The van der Waals surface area contributed by atoms with Crippen LogP contribution in [0.3, 0.4) is 0 Å². The van der Waals surface area contributed by atoms with Crippen molar-refractivity contribution >= 4 is 11.6 Å². The second-order valence-electron chi connectivity index (χ2n) is 5.27. The maximum atomic E-state index is 10.4. The minimum absolute atomic E-state index is 0.501. The minimum atomic E-state index is -0.599. The monoisotopic (exact) mass is 250 g/mol. The molecule has 1 aromatic rings. The Hall–Kier alpha value is -1.36. The number of nitrogens with zero attached hydrogens (tertiary/aromatic N) is 2. The lowest BCUT2D eigenvalue weighted by Crippen LogP contribution is -2.39. The molecule has 0 atom stereocenters. The SMILES string of the molecule is Cc1nc(N)c(C)c(NCC2(O)CCCCC2)n1. The van der Waals surface area contributed by atoms with Crippen molar-refractivity contribution in [2.45, 2.75) is 51.6 Å². The molecule has 5 heteroatoms. The molecule has 1 fully saturated rings. The van der Waals surface area contributed by atoms with Crippen LogP contribution < -0.4 is 11.1 Å². The van der Waals surface area contributed by atoms with Crippen LogP contribution in [0.15, 0.2) is 0 Å². The molecular formula is C13H22N4O. The molecule has 0 saturated heterocycles. The first-order valence-corrected chi connectivity index (χ1v) is 6.57. The summed E-state index contributed by atoms with van der Waals surface area (Å²) >= 11 is 0. The largest absolute Gasteiger partial charge is 0.388 e. The Bertz CT molecular complexity index is 427. The fourth-order valence-corrected chi connectivity index (χ4v) is 2.46. The number of aromatic nitrogens is 2. The van der Waals surface area contributed by atoms with Gasteiger partial charge in [-0.25, -0.2) is 9.97 Å². The molecule has 0 aromatic carbocycles. The zero-order valence-corrected chi connectivity index (χ0v) is 11.2. The summed E-state index contributed by atoms with van der Waals surface area (Å²) < 4.78 is 0. The second kappa shape index (κ2) is 5.10. The fourth-order valence-electron chi connectivity index (χ4n) is 2.46. The normalized spacial score (nSPS) is 18.6. The molecule has 1 aliphatic carbocycles. The molecular weight excluding hydrogens is 228 g/mol. The first kappa shape index (κ1) is 13.1. The molecule has 4 N–H and O–H groups in total. The molecule has 5 nitrogen and oxygen atoms in total. The van der Waals surface area contributed by atoms with Gasteiger partial charge in [-0.15, -0.1) is 0 Å². The summed E-state index contributed by atoms with van der Waals surface area (Å²) in [6, 6.07) is 0. The van der Waals surface area contributed by atoms with Crippen molar-refractivity contribution in [1.29, 1.82) is 0 Å². The average Bonchev–Trinajstić information content (AvgIpc) is 2.33. The Balaban J connectivity index is 2.05. The number of nitrogens with one attached hydrogen (secondary N) is 1. The van der Waals surface area contributed by atoms with Crippen LogP contribution in [-0.4, -0.2) is 27.2 Å². The molecule has 0 unspecified atom stereocenters. The number of nitrogen functional groups attached to an aromatic ring is 1. The van der Waals surface area contributed by atoms with E-state index in [1.807, 2.05) is 13.8 Å². The van der Waals surface area contributed by atoms with E-state index in [0.717, 1.165) is 37.1 Å². The van der Waals surface area contributed by atoms with E-state index in [4.69, 9.17) is 5.73 Å². The highest BCUT2D eigenvalue weighted by molar-refractivity contribution is 5.54. The van der Waals surface area contributed by atoms with Gasteiger partial charge in [0.2, 0.25) is 0 Å². The van der Waals surface area contributed by atoms with Gasteiger partial charge in [0.05, 0.1) is 5.60 Å². The summed E-state index contributed by atoms with van der Waals surface area (Å²) in [5.74, 6) is 1.89. The topological polar surface area (TPSA) is 84.1 Å². The Kier molecular flexibility index (Phi) is 3.71. The predicted octanol–water partition coefficient (Wildman–Crippen LogP) is 1.78. The maximum absolute atomic E-state index is 10.4. The van der Waals surface area contributed by atoms with Crippen molar-refractivity contribution < 1.29 is 5.11 Å². The Labute approximate surface area is 108 Å². The van der Waals surface area contributed by atoms with E-state index in [1.165, 1.54) is 6.42 Å². The lowest BCUT2D eigenvalue weighted by Gasteiger charge is -2.32. The molecule has 0 aliphatic heterocycles. The molecule has 1 heterocycles. The van der Waals surface area contributed by atoms with Crippen molar-refractivity contribution in [3.63, 3.8) is 0 Å². The highest BCUT2D eigenvalue weighted by Crippen LogP contribution is 2.28. The zero-order chi connectivity index (χ0) is 13.2. The van der Waals surface area contributed by atoms with E-state index in [1.54, 1.807) is 0 Å². The summed E-state index contributed by atoms with van der Waals surface area (Å²) in [4.78, 5) is 8.45. The molecule has 0 radical (unpaired) electrons. The van der Waals surface area contributed by atoms with Gasteiger partial charge in [-0.2, -0.15) is 0 Å². The first-order valence-electron chi connectivity index (χ1n) is 6.57. The van der Waals surface area contributed by atoms with E-state index in [2.05, 4.69) is 15.3 Å². The molecule has 100 valence electrons. The standard InChI is InChI=1S/C13H22N4O/c1-9-11(14)16-10(2)17-12(9)15-8-13(18)6-4-3-5-7-13/h18H,3-8H2,1-2H3,(H3,14,15,16,17). The van der Waals surface area contributed by atoms with Crippen molar-refractivity contribution in [3.05, 3.63) is 11.4 Å². The molecule has 0 amide bonds. The first-order chi connectivity index (χ1) is 8.50. The van der Waals surface area contributed by atoms with Gasteiger partial charge in [0.25, 0.3) is 0 Å². The smallest absolute Gasteiger partial charge is 0.134 e. The third-order valence-electron chi connectivity index (χ3n) is 3.66. The van der Waals surface area contributed by atoms with Crippen LogP contribution in [0.5, 0.6) is 0 Å². The Morgan fingerprint density at radius 2 is 1.89 bits per heavy atom. The third-order valence-corrected chi connectivity index (χ3v) is 3.66. The summed E-state index contributed by atoms with van der Waals surface area (Å²) in [6.45, 7) is 4.24. The molecule has 0 bridgehead atoms. The van der Waals surface area contributed by atoms with Crippen LogP contribution in [0.25, 0.3) is 0 Å². The summed E-state index contributed by atoms with van der Waals surface area (Å²) in [7, 11) is 0. The molecule has 18 heavy (non-hydrogen) atoms. The number of rotatable bonds is 3. The number of nitrogens with two attached hydrogens (primary N) is 1. The number of aryl methyl sites for hydroxylation is 1. The van der Waals surface area contributed by atoms with Crippen LogP contribution in [0, 0.1) is 13.8 Å². The van der Waals surface area contributed by atoms with Gasteiger partial charge in [-0.3, -0.25) is 0 Å². The molecule has 1 saturated carbocycles. The van der Waals surface area contributed by atoms with Gasteiger partial charge in [-0.1, -0.05) is 19.3 Å². The maximum Gasteiger partial charge on any atom is 0.134 e. The third kappa shape index (κ3) is 2.90. The summed E-state index contributed by atoms with van der Waals surface area (Å²) in [5, 5.41) is 13.6. The van der Waals surface area contributed by atoms with Gasteiger partial charge in [0, 0.05) is 12.1 Å². The van der Waals surface area contributed by atoms with Crippen molar-refractivity contribution in [3.8, 4) is 0 Å². The van der Waals surface area contributed by atoms with Crippen LogP contribution in [0.4, 0.5) is 11.6 Å². The van der Waals surface area contributed by atoms with E-state index >= 15 is 0 Å². The highest BCUT2D eigenvalue weighted by Gasteiger charge is 2.29. The Morgan fingerprint density at radius 1 is 1.22 bits per heavy atom. The second-order valence-corrected chi connectivity index (χ2v) is 5.27. The molecule has 1 aliphatic rings. The quantitative estimate of drug-likeness (QED) is 0.761. The van der Waals surface area contributed by atoms with E-state index in [0.29, 0.717) is 18.2 Å². The fraction of sp³-hybridized carbons (Fsp3) is 0.692. The lowest BCUT2D eigenvalue weighted by molar-refractivity contribution is 0.0166. The molecule has 2 rings (SSSR count). The van der Waals surface area contributed by atoms with Crippen molar-refractivity contribution in [1.82, 2.24) is 9.97 Å². The minimum Gasteiger partial charge on any atom is -0.388 e. The zero-order valence-electron chi connectivity index (χ0n) is 11.2. The lowest BCUT2D eigenvalue weighted by atomic mass is 9.85. The Morgan fingerprint density at radius 3 is 2.56 bits per heavy atom. The predicted molar refractivity (Wildman–Crippen MR) is 72.4 cm³/mol. The van der Waals surface area contributed by atoms with Crippen LogP contribution in [0.2, 0.25) is 0 Å². The van der Waals surface area contributed by atoms with Gasteiger partial charge in [0.15, 0.2) is 0 Å². The number of hydrogen-bond acceptors (Lipinski definition) is 5. The van der Waals surface area contributed by atoms with Crippen LogP contribution in [0.1, 0.15) is 43.5 Å². The number of aliphatic hydroxyl groups is 1. The molecule has 0 spiro atoms. The van der Waals surface area contributed by atoms with Gasteiger partial charge < -0.3 is 16.2 Å². The summed E-state index contributed by atoms with van der Waals surface area (Å²) in [5.41, 5.74) is 6.06. The van der Waals surface area contributed by atoms with Crippen LogP contribution >= 0.6 is 0 Å². The van der Waals surface area contributed by atoms with Gasteiger partial charge in [-0.05, 0) is 26.7 Å². The number of hydrogen-bond donors (Lipinski definition) is 3. The van der Waals surface area contributed by atoms with Gasteiger partial charge >= 0.3 is 0 Å². The van der Waals surface area contributed by atoms with E-state index in [-0.39, 0.29) is 0 Å². The number of anilines is 2. The average molecular weight is 250 g/mol. The van der Waals surface area contributed by atoms with E-state index < -0.39 is 5.60 Å². The summed E-state index contributed by atoms with van der Waals surface area (Å²) in [6.07, 6.45) is 5.14. The molecule has 1 aromatic heterocycles. The van der Waals surface area contributed by atoms with Crippen molar-refractivity contribution in [2.75, 3.05) is 17.6 Å². The van der Waals surface area contributed by atoms with Crippen molar-refractivity contribution in [2.24, 2.45) is 0 Å². The van der Waals surface area contributed by atoms with Crippen LogP contribution in [-0.2, 0) is 0 Å². The van der Waals surface area contributed by atoms with Gasteiger partial charge in [0.1, 0.15) is 17.5 Å². The highest BCUT2D eigenvalue weighted by atomic mass is 16.3. The van der Waals surface area contributed by atoms with E-state index in [9.17, 15) is 5.11 Å².